The average molecular weight is 290 g/mol. The molecule has 0 fully saturated rings. The van der Waals surface area contributed by atoms with Gasteiger partial charge < -0.3 is 15.7 Å². The number of carbonyl (C=O) groups is 2. The number of benzene rings is 1. The van der Waals surface area contributed by atoms with Crippen molar-refractivity contribution >= 4 is 11.9 Å². The highest BCUT2D eigenvalue weighted by atomic mass is 16.4. The SMILES string of the molecule is CCCC(C)(N)C(=O)N1Cc2ccccc2C[C@@H]1C(=O)O. The van der Waals surface area contributed by atoms with Gasteiger partial charge in [0.1, 0.15) is 6.04 Å². The lowest BCUT2D eigenvalue weighted by atomic mass is 9.89. The molecular formula is C16H22N2O3. The van der Waals surface area contributed by atoms with Gasteiger partial charge in [-0.2, -0.15) is 0 Å². The lowest BCUT2D eigenvalue weighted by Crippen LogP contribution is -2.59. The predicted molar refractivity (Wildman–Crippen MR) is 79.6 cm³/mol. The molecule has 5 heteroatoms. The molecule has 2 atom stereocenters. The van der Waals surface area contributed by atoms with E-state index in [0.717, 1.165) is 17.5 Å². The number of aliphatic carboxylic acids is 1. The summed E-state index contributed by atoms with van der Waals surface area (Å²) in [6.45, 7) is 3.94. The number of amides is 1. The second kappa shape index (κ2) is 5.85. The second-order valence-corrected chi connectivity index (χ2v) is 5.93. The van der Waals surface area contributed by atoms with Gasteiger partial charge in [0, 0.05) is 13.0 Å². The van der Waals surface area contributed by atoms with E-state index in [1.165, 1.54) is 4.90 Å². The summed E-state index contributed by atoms with van der Waals surface area (Å²) in [7, 11) is 0. The molecule has 3 N–H and O–H groups in total. The topological polar surface area (TPSA) is 83.6 Å². The third-order valence-electron chi connectivity index (χ3n) is 4.05. The van der Waals surface area contributed by atoms with Crippen LogP contribution in [0.25, 0.3) is 0 Å². The van der Waals surface area contributed by atoms with Crippen LogP contribution in [0.15, 0.2) is 24.3 Å². The second-order valence-electron chi connectivity index (χ2n) is 5.93. The van der Waals surface area contributed by atoms with Gasteiger partial charge in [-0.3, -0.25) is 4.79 Å². The number of nitrogens with zero attached hydrogens (tertiary/aromatic N) is 1. The van der Waals surface area contributed by atoms with Gasteiger partial charge in [0.05, 0.1) is 5.54 Å². The van der Waals surface area contributed by atoms with Crippen LogP contribution in [-0.4, -0.2) is 33.5 Å². The number of carbonyl (C=O) groups excluding carboxylic acids is 1. The first kappa shape index (κ1) is 15.5. The minimum Gasteiger partial charge on any atom is -0.480 e. The van der Waals surface area contributed by atoms with Crippen LogP contribution in [0.3, 0.4) is 0 Å². The quantitative estimate of drug-likeness (QED) is 0.881. The van der Waals surface area contributed by atoms with E-state index in [-0.39, 0.29) is 5.91 Å². The highest BCUT2D eigenvalue weighted by Gasteiger charge is 2.40. The summed E-state index contributed by atoms with van der Waals surface area (Å²) >= 11 is 0. The van der Waals surface area contributed by atoms with Crippen molar-refractivity contribution in [3.05, 3.63) is 35.4 Å². The third kappa shape index (κ3) is 3.08. The Morgan fingerprint density at radius 1 is 1.38 bits per heavy atom. The third-order valence-corrected chi connectivity index (χ3v) is 4.05. The Morgan fingerprint density at radius 2 is 2.00 bits per heavy atom. The molecule has 0 saturated carbocycles. The summed E-state index contributed by atoms with van der Waals surface area (Å²) in [5.41, 5.74) is 7.07. The molecule has 1 aromatic rings. The zero-order chi connectivity index (χ0) is 15.6. The minimum absolute atomic E-state index is 0.286. The van der Waals surface area contributed by atoms with Crippen LogP contribution in [0.5, 0.6) is 0 Å². The minimum atomic E-state index is -1.02. The van der Waals surface area contributed by atoms with E-state index >= 15 is 0 Å². The Hall–Kier alpha value is -1.88. The van der Waals surface area contributed by atoms with E-state index in [2.05, 4.69) is 0 Å². The number of fused-ring (bicyclic) bond motifs is 1. The highest BCUT2D eigenvalue weighted by molar-refractivity contribution is 5.90. The number of nitrogens with two attached hydrogens (primary N) is 1. The molecule has 1 aliphatic heterocycles. The summed E-state index contributed by atoms with van der Waals surface area (Å²) in [6, 6.07) is 6.80. The van der Waals surface area contributed by atoms with Crippen molar-refractivity contribution in [2.75, 3.05) is 0 Å². The molecule has 0 radical (unpaired) electrons. The highest BCUT2D eigenvalue weighted by Crippen LogP contribution is 2.26. The van der Waals surface area contributed by atoms with Crippen molar-refractivity contribution in [3.8, 4) is 0 Å². The van der Waals surface area contributed by atoms with E-state index in [9.17, 15) is 14.7 Å². The molecule has 1 amide bonds. The fourth-order valence-corrected chi connectivity index (χ4v) is 2.91. The fourth-order valence-electron chi connectivity index (χ4n) is 2.91. The Kier molecular flexibility index (Phi) is 4.32. The maximum absolute atomic E-state index is 12.7. The Labute approximate surface area is 124 Å². The fraction of sp³-hybridized carbons (Fsp3) is 0.500. The van der Waals surface area contributed by atoms with Gasteiger partial charge in [-0.1, -0.05) is 37.6 Å². The van der Waals surface area contributed by atoms with E-state index in [4.69, 9.17) is 5.73 Å². The van der Waals surface area contributed by atoms with Crippen molar-refractivity contribution in [1.29, 1.82) is 0 Å². The molecule has 0 spiro atoms. The standard InChI is InChI=1S/C16H22N2O3/c1-3-8-16(2,17)15(21)18-10-12-7-5-4-6-11(12)9-13(18)14(19)20/h4-7,13H,3,8-10,17H2,1-2H3,(H,19,20)/t13-,16?/m1/s1. The number of rotatable bonds is 4. The zero-order valence-corrected chi connectivity index (χ0v) is 12.5. The van der Waals surface area contributed by atoms with Gasteiger partial charge in [-0.25, -0.2) is 4.79 Å². The van der Waals surface area contributed by atoms with Gasteiger partial charge in [-0.05, 0) is 24.5 Å². The first-order valence-electron chi connectivity index (χ1n) is 7.26. The van der Waals surface area contributed by atoms with Gasteiger partial charge >= 0.3 is 5.97 Å². The molecule has 114 valence electrons. The molecule has 1 heterocycles. The van der Waals surface area contributed by atoms with E-state index in [0.29, 0.717) is 19.4 Å². The van der Waals surface area contributed by atoms with Crippen LogP contribution in [0.2, 0.25) is 0 Å². The van der Waals surface area contributed by atoms with Crippen molar-refractivity contribution in [1.82, 2.24) is 4.90 Å². The van der Waals surface area contributed by atoms with Crippen molar-refractivity contribution in [3.63, 3.8) is 0 Å². The smallest absolute Gasteiger partial charge is 0.326 e. The summed E-state index contributed by atoms with van der Waals surface area (Å²) < 4.78 is 0. The normalized spacial score (nSPS) is 20.5. The van der Waals surface area contributed by atoms with Crippen LogP contribution < -0.4 is 5.73 Å². The number of carboxylic acids is 1. The summed E-state index contributed by atoms with van der Waals surface area (Å²) in [5, 5.41) is 9.44. The van der Waals surface area contributed by atoms with Gasteiger partial charge in [0.2, 0.25) is 5.91 Å². The first-order valence-corrected chi connectivity index (χ1v) is 7.26. The molecule has 0 bridgehead atoms. The van der Waals surface area contributed by atoms with Crippen molar-refractivity contribution in [2.24, 2.45) is 5.73 Å². The molecular weight excluding hydrogens is 268 g/mol. The lowest BCUT2D eigenvalue weighted by molar-refractivity contribution is -0.153. The molecule has 21 heavy (non-hydrogen) atoms. The first-order chi connectivity index (χ1) is 9.86. The van der Waals surface area contributed by atoms with E-state index < -0.39 is 17.6 Å². The Bertz CT molecular complexity index is 554. The molecule has 2 rings (SSSR count). The van der Waals surface area contributed by atoms with Crippen LogP contribution in [0.1, 0.15) is 37.8 Å². The largest absolute Gasteiger partial charge is 0.480 e. The van der Waals surface area contributed by atoms with Crippen LogP contribution in [0, 0.1) is 0 Å². The number of carboxylic acid groups (broad SMARTS) is 1. The van der Waals surface area contributed by atoms with Gasteiger partial charge in [0.15, 0.2) is 0 Å². The molecule has 1 unspecified atom stereocenters. The molecule has 0 aromatic heterocycles. The van der Waals surface area contributed by atoms with Crippen LogP contribution in [-0.2, 0) is 22.6 Å². The number of hydrogen-bond acceptors (Lipinski definition) is 3. The Morgan fingerprint density at radius 3 is 2.57 bits per heavy atom. The van der Waals surface area contributed by atoms with Crippen LogP contribution >= 0.6 is 0 Å². The summed E-state index contributed by atoms with van der Waals surface area (Å²) in [4.78, 5) is 25.6. The predicted octanol–water partition coefficient (Wildman–Crippen LogP) is 1.54. The Balaban J connectivity index is 2.33. The molecule has 0 saturated heterocycles. The molecule has 1 aromatic carbocycles. The van der Waals surface area contributed by atoms with E-state index in [1.807, 2.05) is 31.2 Å². The van der Waals surface area contributed by atoms with Crippen molar-refractivity contribution in [2.45, 2.75) is 51.2 Å². The van der Waals surface area contributed by atoms with Crippen LogP contribution in [0.4, 0.5) is 0 Å². The monoisotopic (exact) mass is 290 g/mol. The van der Waals surface area contributed by atoms with Gasteiger partial charge in [-0.15, -0.1) is 0 Å². The number of hydrogen-bond donors (Lipinski definition) is 2. The molecule has 5 nitrogen and oxygen atoms in total. The zero-order valence-electron chi connectivity index (χ0n) is 12.5. The van der Waals surface area contributed by atoms with Crippen molar-refractivity contribution < 1.29 is 14.7 Å². The maximum Gasteiger partial charge on any atom is 0.326 e. The van der Waals surface area contributed by atoms with E-state index in [1.54, 1.807) is 6.92 Å². The molecule has 1 aliphatic rings. The van der Waals surface area contributed by atoms with Gasteiger partial charge in [0.25, 0.3) is 0 Å². The summed E-state index contributed by atoms with van der Waals surface area (Å²) in [5.74, 6) is -1.27. The summed E-state index contributed by atoms with van der Waals surface area (Å²) in [6.07, 6.45) is 1.65. The molecule has 0 aliphatic carbocycles. The maximum atomic E-state index is 12.7. The average Bonchev–Trinajstić information content (AvgIpc) is 2.44. The lowest BCUT2D eigenvalue weighted by Gasteiger charge is -2.39.